The normalized spacial score (nSPS) is 37.9. The number of amides is 2. The van der Waals surface area contributed by atoms with Crippen LogP contribution in [0.3, 0.4) is 0 Å². The molecule has 4 heteroatoms. The highest BCUT2D eigenvalue weighted by molar-refractivity contribution is 5.83. The van der Waals surface area contributed by atoms with Crippen LogP contribution in [0.2, 0.25) is 0 Å². The van der Waals surface area contributed by atoms with Crippen molar-refractivity contribution in [1.29, 1.82) is 0 Å². The van der Waals surface area contributed by atoms with Gasteiger partial charge in [0.25, 0.3) is 0 Å². The van der Waals surface area contributed by atoms with E-state index in [0.717, 1.165) is 0 Å². The summed E-state index contributed by atoms with van der Waals surface area (Å²) in [5, 5.41) is 0. The molecular formula is C10H18N2O2. The van der Waals surface area contributed by atoms with Gasteiger partial charge in [-0.25, -0.2) is 0 Å². The molecule has 0 heterocycles. The minimum atomic E-state index is -0.449. The van der Waals surface area contributed by atoms with E-state index < -0.39 is 10.8 Å². The van der Waals surface area contributed by atoms with Crippen LogP contribution in [0.4, 0.5) is 0 Å². The molecule has 0 aliphatic heterocycles. The van der Waals surface area contributed by atoms with E-state index in [1.807, 2.05) is 13.8 Å². The van der Waals surface area contributed by atoms with Crippen LogP contribution >= 0.6 is 0 Å². The molecule has 1 rings (SSSR count). The summed E-state index contributed by atoms with van der Waals surface area (Å²) in [6.07, 6.45) is 2.62. The molecule has 1 fully saturated rings. The van der Waals surface area contributed by atoms with E-state index in [2.05, 4.69) is 0 Å². The van der Waals surface area contributed by atoms with Gasteiger partial charge in [0.05, 0.1) is 0 Å². The molecule has 80 valence electrons. The Morgan fingerprint density at radius 3 is 1.21 bits per heavy atom. The fraction of sp³-hybridized carbons (Fsp3) is 0.800. The summed E-state index contributed by atoms with van der Waals surface area (Å²) < 4.78 is 0. The number of primary amides is 2. The van der Waals surface area contributed by atoms with Crippen molar-refractivity contribution in [1.82, 2.24) is 0 Å². The minimum absolute atomic E-state index is 0.274. The molecule has 0 atom stereocenters. The van der Waals surface area contributed by atoms with Crippen molar-refractivity contribution in [3.63, 3.8) is 0 Å². The Balaban J connectivity index is 2.71. The number of hydrogen-bond acceptors (Lipinski definition) is 2. The third-order valence-electron chi connectivity index (χ3n) is 3.65. The van der Waals surface area contributed by atoms with Crippen LogP contribution in [0.5, 0.6) is 0 Å². The SMILES string of the molecule is CC1(C(N)=O)CCC(C)(C(N)=O)CC1. The van der Waals surface area contributed by atoms with Gasteiger partial charge >= 0.3 is 0 Å². The van der Waals surface area contributed by atoms with E-state index in [1.54, 1.807) is 0 Å². The van der Waals surface area contributed by atoms with Crippen molar-refractivity contribution in [3.05, 3.63) is 0 Å². The molecular weight excluding hydrogens is 180 g/mol. The van der Waals surface area contributed by atoms with Crippen LogP contribution in [0.25, 0.3) is 0 Å². The van der Waals surface area contributed by atoms with E-state index in [0.29, 0.717) is 25.7 Å². The lowest BCUT2D eigenvalue weighted by atomic mass is 9.64. The van der Waals surface area contributed by atoms with E-state index in [9.17, 15) is 9.59 Å². The fourth-order valence-electron chi connectivity index (χ4n) is 1.85. The van der Waals surface area contributed by atoms with Gasteiger partial charge in [-0.3, -0.25) is 9.59 Å². The highest BCUT2D eigenvalue weighted by Crippen LogP contribution is 2.44. The van der Waals surface area contributed by atoms with Gasteiger partial charge < -0.3 is 11.5 Å². The highest BCUT2D eigenvalue weighted by Gasteiger charge is 2.43. The van der Waals surface area contributed by atoms with Crippen molar-refractivity contribution in [2.45, 2.75) is 39.5 Å². The smallest absolute Gasteiger partial charge is 0.223 e. The molecule has 4 nitrogen and oxygen atoms in total. The molecule has 1 aliphatic rings. The molecule has 0 saturated heterocycles. The summed E-state index contributed by atoms with van der Waals surface area (Å²) in [5.74, 6) is -0.548. The van der Waals surface area contributed by atoms with Crippen molar-refractivity contribution in [2.75, 3.05) is 0 Å². The van der Waals surface area contributed by atoms with Gasteiger partial charge in [-0.15, -0.1) is 0 Å². The van der Waals surface area contributed by atoms with Gasteiger partial charge in [0, 0.05) is 10.8 Å². The Hall–Kier alpha value is -1.06. The molecule has 0 unspecified atom stereocenters. The van der Waals surface area contributed by atoms with Crippen LogP contribution in [0.1, 0.15) is 39.5 Å². The van der Waals surface area contributed by atoms with Crippen LogP contribution in [0, 0.1) is 10.8 Å². The lowest BCUT2D eigenvalue weighted by Crippen LogP contribution is -2.44. The molecule has 0 bridgehead atoms. The third kappa shape index (κ3) is 1.74. The van der Waals surface area contributed by atoms with Crippen LogP contribution in [-0.4, -0.2) is 11.8 Å². The second-order valence-electron chi connectivity index (χ2n) is 4.85. The van der Waals surface area contributed by atoms with Crippen molar-refractivity contribution < 1.29 is 9.59 Å². The van der Waals surface area contributed by atoms with Gasteiger partial charge in [0.1, 0.15) is 0 Å². The zero-order valence-electron chi connectivity index (χ0n) is 8.80. The topological polar surface area (TPSA) is 86.2 Å². The minimum Gasteiger partial charge on any atom is -0.369 e. The predicted octanol–water partition coefficient (Wildman–Crippen LogP) is 0.544. The third-order valence-corrected chi connectivity index (χ3v) is 3.65. The average Bonchev–Trinajstić information content (AvgIpc) is 2.10. The van der Waals surface area contributed by atoms with E-state index in [4.69, 9.17) is 11.5 Å². The highest BCUT2D eigenvalue weighted by atomic mass is 16.2. The van der Waals surface area contributed by atoms with Gasteiger partial charge in [-0.1, -0.05) is 13.8 Å². The summed E-state index contributed by atoms with van der Waals surface area (Å²) in [6.45, 7) is 3.71. The quantitative estimate of drug-likeness (QED) is 0.678. The van der Waals surface area contributed by atoms with E-state index in [1.165, 1.54) is 0 Å². The van der Waals surface area contributed by atoms with Crippen LogP contribution in [0.15, 0.2) is 0 Å². The van der Waals surface area contributed by atoms with Crippen molar-refractivity contribution in [3.8, 4) is 0 Å². The van der Waals surface area contributed by atoms with Crippen molar-refractivity contribution >= 4 is 11.8 Å². The number of nitrogens with two attached hydrogens (primary N) is 2. The Labute approximate surface area is 84.0 Å². The number of rotatable bonds is 2. The zero-order valence-corrected chi connectivity index (χ0v) is 8.80. The molecule has 0 aromatic carbocycles. The molecule has 1 saturated carbocycles. The Kier molecular flexibility index (Phi) is 2.56. The van der Waals surface area contributed by atoms with Gasteiger partial charge in [-0.2, -0.15) is 0 Å². The largest absolute Gasteiger partial charge is 0.369 e. The van der Waals surface area contributed by atoms with Gasteiger partial charge in [-0.05, 0) is 25.7 Å². The first-order valence-corrected chi connectivity index (χ1v) is 4.90. The summed E-state index contributed by atoms with van der Waals surface area (Å²) in [7, 11) is 0. The van der Waals surface area contributed by atoms with Gasteiger partial charge in [0.15, 0.2) is 0 Å². The first-order valence-electron chi connectivity index (χ1n) is 4.90. The Morgan fingerprint density at radius 2 is 1.07 bits per heavy atom. The molecule has 2 amide bonds. The maximum absolute atomic E-state index is 11.2. The van der Waals surface area contributed by atoms with Gasteiger partial charge in [0.2, 0.25) is 11.8 Å². The number of carbonyl (C=O) groups is 2. The number of hydrogen-bond donors (Lipinski definition) is 2. The van der Waals surface area contributed by atoms with E-state index >= 15 is 0 Å². The molecule has 0 aromatic heterocycles. The second-order valence-corrected chi connectivity index (χ2v) is 4.85. The first-order chi connectivity index (χ1) is 6.30. The van der Waals surface area contributed by atoms with Crippen LogP contribution < -0.4 is 11.5 Å². The maximum Gasteiger partial charge on any atom is 0.223 e. The lowest BCUT2D eigenvalue weighted by Gasteiger charge is -2.39. The predicted molar refractivity (Wildman–Crippen MR) is 53.1 cm³/mol. The molecule has 1 aliphatic carbocycles. The molecule has 0 radical (unpaired) electrons. The van der Waals surface area contributed by atoms with Crippen molar-refractivity contribution in [2.24, 2.45) is 22.3 Å². The monoisotopic (exact) mass is 198 g/mol. The zero-order chi connectivity index (χ0) is 11.0. The fourth-order valence-corrected chi connectivity index (χ4v) is 1.85. The standard InChI is InChI=1S/C10H18N2O2/c1-9(7(11)13)3-5-10(2,6-4-9)8(12)14/h3-6H2,1-2H3,(H2,11,13)(H2,12,14). The molecule has 0 aromatic rings. The average molecular weight is 198 g/mol. The molecule has 14 heavy (non-hydrogen) atoms. The molecule has 4 N–H and O–H groups in total. The molecule has 0 spiro atoms. The number of carbonyl (C=O) groups excluding carboxylic acids is 2. The Bertz CT molecular complexity index is 237. The first kappa shape index (κ1) is 11.0. The summed E-state index contributed by atoms with van der Waals surface area (Å²) >= 11 is 0. The summed E-state index contributed by atoms with van der Waals surface area (Å²) in [5.41, 5.74) is 9.72. The summed E-state index contributed by atoms with van der Waals surface area (Å²) in [4.78, 5) is 22.3. The summed E-state index contributed by atoms with van der Waals surface area (Å²) in [6, 6.07) is 0. The second kappa shape index (κ2) is 3.26. The Morgan fingerprint density at radius 1 is 0.857 bits per heavy atom. The van der Waals surface area contributed by atoms with Crippen LogP contribution in [-0.2, 0) is 9.59 Å². The lowest BCUT2D eigenvalue weighted by molar-refractivity contribution is -0.136. The van der Waals surface area contributed by atoms with E-state index in [-0.39, 0.29) is 11.8 Å². The maximum atomic E-state index is 11.2.